The summed E-state index contributed by atoms with van der Waals surface area (Å²) in [5.74, 6) is 0.883. The van der Waals surface area contributed by atoms with E-state index in [-0.39, 0.29) is 17.4 Å². The molecule has 2 saturated heterocycles. The van der Waals surface area contributed by atoms with E-state index in [1.165, 1.54) is 5.56 Å². The van der Waals surface area contributed by atoms with Crippen molar-refractivity contribution in [2.45, 2.75) is 52.1 Å². The lowest BCUT2D eigenvalue weighted by atomic mass is 9.75. The Balaban J connectivity index is 1.36. The lowest BCUT2D eigenvalue weighted by Gasteiger charge is -2.38. The number of pyridine rings is 1. The number of hydrogen-bond donors (Lipinski definition) is 0. The van der Waals surface area contributed by atoms with Gasteiger partial charge in [0.1, 0.15) is 0 Å². The second-order valence-electron chi connectivity index (χ2n) is 10.6. The topological polar surface area (TPSA) is 56.8 Å². The van der Waals surface area contributed by atoms with E-state index < -0.39 is 0 Å². The third kappa shape index (κ3) is 5.66. The second kappa shape index (κ2) is 10.7. The van der Waals surface area contributed by atoms with Crippen molar-refractivity contribution in [3.63, 3.8) is 0 Å². The molecule has 1 aromatic heterocycles. The first-order chi connectivity index (χ1) is 16.4. The predicted octanol–water partition coefficient (Wildman–Crippen LogP) is 3.62. The SMILES string of the molecule is CC(C)CN1C(=O)C2(CCN(C(=O)CN(C)Cc3ccccn3)CC2)C[C@@H]1Cc1ccccc1. The lowest BCUT2D eigenvalue weighted by molar-refractivity contribution is -0.143. The summed E-state index contributed by atoms with van der Waals surface area (Å²) in [6, 6.07) is 16.6. The maximum Gasteiger partial charge on any atom is 0.236 e. The van der Waals surface area contributed by atoms with Crippen molar-refractivity contribution in [3.05, 3.63) is 66.0 Å². The standard InChI is InChI=1S/C28H38N4O2/c1-22(2)19-32-25(17-23-9-5-4-6-10-23)18-28(27(32)34)12-15-31(16-13-28)26(33)21-30(3)20-24-11-7-8-14-29-24/h4-11,14,22,25H,12-13,15-21H2,1-3H3/t25-/m0/s1. The van der Waals surface area contributed by atoms with Crippen molar-refractivity contribution >= 4 is 11.8 Å². The molecule has 1 spiro atoms. The Morgan fingerprint density at radius 1 is 1.12 bits per heavy atom. The van der Waals surface area contributed by atoms with Crippen LogP contribution < -0.4 is 0 Å². The third-order valence-corrected chi connectivity index (χ3v) is 7.29. The van der Waals surface area contributed by atoms with Crippen LogP contribution in [0.3, 0.4) is 0 Å². The number of likely N-dealkylation sites (tertiary alicyclic amines) is 2. The maximum absolute atomic E-state index is 13.7. The fraction of sp³-hybridized carbons (Fsp3) is 0.536. The van der Waals surface area contributed by atoms with Crippen molar-refractivity contribution in [2.24, 2.45) is 11.3 Å². The largest absolute Gasteiger partial charge is 0.342 e. The summed E-state index contributed by atoms with van der Waals surface area (Å²) < 4.78 is 0. The molecule has 1 aromatic carbocycles. The van der Waals surface area contributed by atoms with Gasteiger partial charge in [0.2, 0.25) is 11.8 Å². The zero-order valence-corrected chi connectivity index (χ0v) is 20.8. The number of carbonyl (C=O) groups is 2. The van der Waals surface area contributed by atoms with E-state index in [2.05, 4.69) is 48.0 Å². The zero-order valence-electron chi connectivity index (χ0n) is 20.8. The Bertz CT molecular complexity index is 955. The van der Waals surface area contributed by atoms with Gasteiger partial charge in [0, 0.05) is 38.4 Å². The molecule has 6 heteroatoms. The Morgan fingerprint density at radius 3 is 2.47 bits per heavy atom. The molecule has 0 aliphatic carbocycles. The molecule has 0 N–H and O–H groups in total. The van der Waals surface area contributed by atoms with Crippen molar-refractivity contribution in [3.8, 4) is 0 Å². The first-order valence-corrected chi connectivity index (χ1v) is 12.6. The van der Waals surface area contributed by atoms with Gasteiger partial charge in [-0.1, -0.05) is 50.2 Å². The minimum atomic E-state index is -0.315. The lowest BCUT2D eigenvalue weighted by Crippen LogP contribution is -2.49. The van der Waals surface area contributed by atoms with E-state index in [1.54, 1.807) is 6.20 Å². The second-order valence-corrected chi connectivity index (χ2v) is 10.6. The monoisotopic (exact) mass is 462 g/mol. The number of amides is 2. The minimum Gasteiger partial charge on any atom is -0.342 e. The average molecular weight is 463 g/mol. The summed E-state index contributed by atoms with van der Waals surface area (Å²) in [4.78, 5) is 37.1. The van der Waals surface area contributed by atoms with Gasteiger partial charge in [-0.2, -0.15) is 0 Å². The number of hydrogen-bond acceptors (Lipinski definition) is 4. The highest BCUT2D eigenvalue weighted by Crippen LogP contribution is 2.45. The van der Waals surface area contributed by atoms with E-state index in [1.807, 2.05) is 41.1 Å². The van der Waals surface area contributed by atoms with Crippen LogP contribution in [0.15, 0.2) is 54.7 Å². The molecule has 2 aliphatic rings. The summed E-state index contributed by atoms with van der Waals surface area (Å²) in [5.41, 5.74) is 1.93. The van der Waals surface area contributed by atoms with Crippen molar-refractivity contribution < 1.29 is 9.59 Å². The van der Waals surface area contributed by atoms with Crippen LogP contribution in [0.4, 0.5) is 0 Å². The molecular formula is C28H38N4O2. The zero-order chi connectivity index (χ0) is 24.1. The Labute approximate surface area is 204 Å². The molecular weight excluding hydrogens is 424 g/mol. The Hall–Kier alpha value is -2.73. The molecule has 34 heavy (non-hydrogen) atoms. The highest BCUT2D eigenvalue weighted by Gasteiger charge is 2.52. The highest BCUT2D eigenvalue weighted by molar-refractivity contribution is 5.86. The molecule has 2 aromatic rings. The average Bonchev–Trinajstić information content (AvgIpc) is 3.05. The molecule has 2 fully saturated rings. The molecule has 182 valence electrons. The summed E-state index contributed by atoms with van der Waals surface area (Å²) in [7, 11) is 1.95. The van der Waals surface area contributed by atoms with Crippen LogP contribution >= 0.6 is 0 Å². The van der Waals surface area contributed by atoms with Gasteiger partial charge < -0.3 is 9.80 Å². The molecule has 0 unspecified atom stereocenters. The molecule has 6 nitrogen and oxygen atoms in total. The van der Waals surface area contributed by atoms with Gasteiger partial charge in [-0.3, -0.25) is 19.5 Å². The van der Waals surface area contributed by atoms with Gasteiger partial charge in [0.15, 0.2) is 0 Å². The van der Waals surface area contributed by atoms with Crippen LogP contribution in [-0.4, -0.2) is 70.8 Å². The number of nitrogens with zero attached hydrogens (tertiary/aromatic N) is 4. The smallest absolute Gasteiger partial charge is 0.236 e. The molecule has 0 saturated carbocycles. The van der Waals surface area contributed by atoms with Crippen LogP contribution in [0.1, 0.15) is 44.4 Å². The van der Waals surface area contributed by atoms with E-state index >= 15 is 0 Å². The van der Waals surface area contributed by atoms with Gasteiger partial charge in [-0.25, -0.2) is 0 Å². The molecule has 4 rings (SSSR count). The van der Waals surface area contributed by atoms with E-state index in [0.717, 1.165) is 37.9 Å². The third-order valence-electron chi connectivity index (χ3n) is 7.29. The molecule has 2 amide bonds. The number of benzene rings is 1. The van der Waals surface area contributed by atoms with Crippen LogP contribution in [0.25, 0.3) is 0 Å². The van der Waals surface area contributed by atoms with Crippen LogP contribution in [-0.2, 0) is 22.6 Å². The van der Waals surface area contributed by atoms with Crippen molar-refractivity contribution in [1.29, 1.82) is 0 Å². The minimum absolute atomic E-state index is 0.138. The van der Waals surface area contributed by atoms with E-state index in [9.17, 15) is 9.59 Å². The summed E-state index contributed by atoms with van der Waals surface area (Å²) >= 11 is 0. The van der Waals surface area contributed by atoms with Crippen LogP contribution in [0.2, 0.25) is 0 Å². The van der Waals surface area contributed by atoms with Crippen LogP contribution in [0, 0.1) is 11.3 Å². The molecule has 2 aliphatic heterocycles. The number of aromatic nitrogens is 1. The normalized spacial score (nSPS) is 20.0. The molecule has 0 bridgehead atoms. The summed E-state index contributed by atoms with van der Waals surface area (Å²) in [5, 5.41) is 0. The van der Waals surface area contributed by atoms with Gasteiger partial charge in [0.25, 0.3) is 0 Å². The van der Waals surface area contributed by atoms with Gasteiger partial charge >= 0.3 is 0 Å². The number of likely N-dealkylation sites (N-methyl/N-ethyl adjacent to an activating group) is 1. The molecule has 3 heterocycles. The van der Waals surface area contributed by atoms with Crippen molar-refractivity contribution in [1.82, 2.24) is 19.7 Å². The maximum atomic E-state index is 13.7. The van der Waals surface area contributed by atoms with E-state index in [0.29, 0.717) is 38.0 Å². The number of rotatable bonds is 8. The molecule has 1 atom stereocenters. The Kier molecular flexibility index (Phi) is 7.67. The van der Waals surface area contributed by atoms with Gasteiger partial charge in [-0.15, -0.1) is 0 Å². The van der Waals surface area contributed by atoms with Gasteiger partial charge in [0.05, 0.1) is 17.7 Å². The van der Waals surface area contributed by atoms with Gasteiger partial charge in [-0.05, 0) is 56.3 Å². The fourth-order valence-electron chi connectivity index (χ4n) is 5.57. The van der Waals surface area contributed by atoms with E-state index in [4.69, 9.17) is 0 Å². The highest BCUT2D eigenvalue weighted by atomic mass is 16.2. The molecule has 0 radical (unpaired) electrons. The first kappa shape index (κ1) is 24.4. The van der Waals surface area contributed by atoms with Crippen molar-refractivity contribution in [2.75, 3.05) is 33.2 Å². The van der Waals surface area contributed by atoms with Crippen LogP contribution in [0.5, 0.6) is 0 Å². The Morgan fingerprint density at radius 2 is 1.82 bits per heavy atom. The summed E-state index contributed by atoms with van der Waals surface area (Å²) in [6.07, 6.45) is 5.11. The quantitative estimate of drug-likeness (QED) is 0.601. The fourth-order valence-corrected chi connectivity index (χ4v) is 5.57. The summed E-state index contributed by atoms with van der Waals surface area (Å²) in [6.45, 7) is 7.51. The number of piperidine rings is 1. The predicted molar refractivity (Wildman–Crippen MR) is 134 cm³/mol. The number of carbonyl (C=O) groups excluding carboxylic acids is 2. The first-order valence-electron chi connectivity index (χ1n) is 12.6.